The number of rotatable bonds is 15. The molecule has 2 aliphatic heterocycles. The van der Waals surface area contributed by atoms with Crippen LogP contribution in [-0.2, 0) is 16.0 Å². The molecular formula is C45H61N13O2S3. The minimum atomic E-state index is -0.0875. The van der Waals surface area contributed by atoms with Crippen molar-refractivity contribution in [1.82, 2.24) is 43.0 Å². The van der Waals surface area contributed by atoms with Crippen LogP contribution in [0.1, 0.15) is 100 Å². The number of morpholine rings is 1. The number of thiophene rings is 1. The van der Waals surface area contributed by atoms with E-state index >= 15 is 0 Å². The summed E-state index contributed by atoms with van der Waals surface area (Å²) in [5, 5.41) is 18.8. The summed E-state index contributed by atoms with van der Waals surface area (Å²) >= 11 is 4.59. The number of ether oxygens (including phenoxy) is 2. The van der Waals surface area contributed by atoms with Crippen LogP contribution in [0.5, 0.6) is 0 Å². The van der Waals surface area contributed by atoms with Crippen molar-refractivity contribution in [1.29, 1.82) is 0 Å². The van der Waals surface area contributed by atoms with E-state index in [1.165, 1.54) is 68.3 Å². The molecule has 0 aromatic carbocycles. The third-order valence-corrected chi connectivity index (χ3v) is 16.2. The van der Waals surface area contributed by atoms with Crippen LogP contribution in [0.4, 0.5) is 33.5 Å². The molecule has 1 unspecified atom stereocenters. The van der Waals surface area contributed by atoms with Crippen LogP contribution in [0.3, 0.4) is 0 Å². The summed E-state index contributed by atoms with van der Waals surface area (Å²) in [5.41, 5.74) is 6.06. The van der Waals surface area contributed by atoms with E-state index in [-0.39, 0.29) is 6.10 Å². The Morgan fingerprint density at radius 3 is 2.27 bits per heavy atom. The zero-order chi connectivity index (χ0) is 42.7. The van der Waals surface area contributed by atoms with Gasteiger partial charge in [0, 0.05) is 69.3 Å². The van der Waals surface area contributed by atoms with Crippen molar-refractivity contribution < 1.29 is 9.47 Å². The minimum absolute atomic E-state index is 0.0875. The van der Waals surface area contributed by atoms with E-state index in [1.54, 1.807) is 18.4 Å². The van der Waals surface area contributed by atoms with Gasteiger partial charge in [0.05, 0.1) is 39.8 Å². The summed E-state index contributed by atoms with van der Waals surface area (Å²) in [7, 11) is 1.76. The van der Waals surface area contributed by atoms with E-state index in [1.807, 2.05) is 13.0 Å². The number of nitrogens with zero attached hydrogens (tertiary/aromatic N) is 9. The Morgan fingerprint density at radius 2 is 1.51 bits per heavy atom. The highest BCUT2D eigenvalue weighted by Crippen LogP contribution is 2.39. The fraction of sp³-hybridized carbons (Fsp3) is 0.600. The number of nitrogens with one attached hydrogen (secondary N) is 4. The molecule has 0 spiro atoms. The molecule has 0 amide bonds. The van der Waals surface area contributed by atoms with E-state index in [2.05, 4.69) is 70.6 Å². The molecule has 1 atom stereocenters. The lowest BCUT2D eigenvalue weighted by molar-refractivity contribution is -0.0500. The fourth-order valence-electron chi connectivity index (χ4n) is 10.3. The highest BCUT2D eigenvalue weighted by atomic mass is 32.1. The van der Waals surface area contributed by atoms with Gasteiger partial charge in [0.1, 0.15) is 21.3 Å². The molecule has 2 saturated heterocycles. The van der Waals surface area contributed by atoms with E-state index in [9.17, 15) is 0 Å². The zero-order valence-corrected chi connectivity index (χ0v) is 39.2. The molecule has 336 valence electrons. The van der Waals surface area contributed by atoms with Gasteiger partial charge in [-0.15, -0.1) is 11.3 Å². The van der Waals surface area contributed by atoms with E-state index < -0.39 is 0 Å². The second kappa shape index (κ2) is 19.6. The fourth-order valence-corrected chi connectivity index (χ4v) is 12.6. The minimum Gasteiger partial charge on any atom is -0.385 e. The number of aromatic nitrogens is 7. The lowest BCUT2D eigenvalue weighted by Gasteiger charge is -2.41. The van der Waals surface area contributed by atoms with Gasteiger partial charge in [-0.3, -0.25) is 4.90 Å². The second-order valence-electron chi connectivity index (χ2n) is 17.9. The van der Waals surface area contributed by atoms with Gasteiger partial charge >= 0.3 is 0 Å². The van der Waals surface area contributed by atoms with Gasteiger partial charge in [-0.2, -0.15) is 18.7 Å². The number of anilines is 6. The van der Waals surface area contributed by atoms with Crippen LogP contribution >= 0.6 is 34.4 Å². The molecule has 4 aliphatic rings. The summed E-state index contributed by atoms with van der Waals surface area (Å²) in [6.45, 7) is 10.7. The quantitative estimate of drug-likeness (QED) is 0.0723. The van der Waals surface area contributed by atoms with Crippen LogP contribution in [0.2, 0.25) is 0 Å². The lowest BCUT2D eigenvalue weighted by atomic mass is 9.89. The highest BCUT2D eigenvalue weighted by molar-refractivity contribution is 7.17. The van der Waals surface area contributed by atoms with Crippen LogP contribution in [0.25, 0.3) is 21.3 Å². The molecule has 63 heavy (non-hydrogen) atoms. The third kappa shape index (κ3) is 9.82. The predicted octanol–water partition coefficient (Wildman–Crippen LogP) is 9.50. The number of hydrogen-bond donors (Lipinski definition) is 4. The number of fused-ring (bicyclic) bond motifs is 2. The average molecular weight is 912 g/mol. The van der Waals surface area contributed by atoms with Gasteiger partial charge in [-0.25, -0.2) is 9.97 Å². The van der Waals surface area contributed by atoms with Crippen molar-refractivity contribution in [3.8, 4) is 0 Å². The second-order valence-corrected chi connectivity index (χ2v) is 20.4. The number of aryl methyl sites for hydroxylation is 3. The predicted molar refractivity (Wildman–Crippen MR) is 257 cm³/mol. The molecule has 2 aliphatic carbocycles. The number of likely N-dealkylation sites (tertiary alicyclic amines) is 1. The topological polar surface area (TPSA) is 155 Å². The van der Waals surface area contributed by atoms with Crippen LogP contribution in [0.15, 0.2) is 29.8 Å². The van der Waals surface area contributed by atoms with Crippen molar-refractivity contribution in [2.75, 3.05) is 67.8 Å². The standard InChI is InChI=1S/C45H61N13O2S3/c1-28-26-37(62-54-28)50-44-49-35-17-25-61-40(35)42(52-44)47-31-10-14-33(15-11-31)58-22-24-60-36(27-58)38-29(2)55-63-43(38)53-45-48-34-16-21-57(20-7-23-59-3)39(34)41(51-45)46-30-8-12-32(13-9-30)56-18-5-4-6-19-56/h16-17,21,25-26,30-33,36H,4-15,18-20,22-24,27H2,1-3H3,(H2,46,48,51,53)(H2,47,49,50,52)/t30-,31-,32-,33-,36?. The molecule has 15 nitrogen and oxygen atoms in total. The Morgan fingerprint density at radius 1 is 0.778 bits per heavy atom. The summed E-state index contributed by atoms with van der Waals surface area (Å²) in [6, 6.07) is 8.16. The van der Waals surface area contributed by atoms with E-state index in [0.29, 0.717) is 49.3 Å². The molecule has 6 aromatic rings. The summed E-state index contributed by atoms with van der Waals surface area (Å²) in [4.78, 5) is 25.5. The first-order valence-electron chi connectivity index (χ1n) is 23.1. The first-order chi connectivity index (χ1) is 30.9. The molecule has 0 radical (unpaired) electrons. The molecule has 2 saturated carbocycles. The molecule has 18 heteroatoms. The largest absolute Gasteiger partial charge is 0.385 e. The van der Waals surface area contributed by atoms with Crippen LogP contribution < -0.4 is 21.3 Å². The number of piperidine rings is 1. The smallest absolute Gasteiger partial charge is 0.230 e. The van der Waals surface area contributed by atoms with Crippen LogP contribution in [-0.4, -0.2) is 114 Å². The van der Waals surface area contributed by atoms with Crippen molar-refractivity contribution in [2.45, 2.75) is 128 Å². The molecule has 6 aromatic heterocycles. The monoisotopic (exact) mass is 911 g/mol. The van der Waals surface area contributed by atoms with E-state index in [0.717, 1.165) is 124 Å². The van der Waals surface area contributed by atoms with Crippen molar-refractivity contribution in [3.63, 3.8) is 0 Å². The maximum atomic E-state index is 6.57. The van der Waals surface area contributed by atoms with Gasteiger partial charge in [0.25, 0.3) is 0 Å². The SMILES string of the molecule is COCCCn1ccc2nc(Nc3snc(C)c3C3CN([C@H]4CC[C@H](Nc5nc(Nc6cc(C)ns6)nc6ccsc56)CC4)CCO3)nc(N[C@H]3CC[C@H](N4CCCCC4)CC3)c21. The summed E-state index contributed by atoms with van der Waals surface area (Å²) in [5.74, 6) is 3.01. The van der Waals surface area contributed by atoms with Gasteiger partial charge in [0.2, 0.25) is 11.9 Å². The van der Waals surface area contributed by atoms with Gasteiger partial charge in [0.15, 0.2) is 5.82 Å². The number of hydrogen-bond acceptors (Lipinski definition) is 17. The maximum Gasteiger partial charge on any atom is 0.230 e. The normalized spacial score (nSPS) is 24.0. The highest BCUT2D eigenvalue weighted by Gasteiger charge is 2.34. The van der Waals surface area contributed by atoms with E-state index in [4.69, 9.17) is 33.8 Å². The Hall–Kier alpha value is -4.04. The summed E-state index contributed by atoms with van der Waals surface area (Å²) < 4.78 is 24.6. The maximum absolute atomic E-state index is 6.57. The summed E-state index contributed by atoms with van der Waals surface area (Å²) in [6.07, 6.45) is 16.2. The zero-order valence-electron chi connectivity index (χ0n) is 36.8. The first kappa shape index (κ1) is 42.9. The third-order valence-electron chi connectivity index (χ3n) is 13.6. The molecule has 8 heterocycles. The van der Waals surface area contributed by atoms with Crippen molar-refractivity contribution in [2.24, 2.45) is 0 Å². The average Bonchev–Trinajstić information content (AvgIpc) is 4.13. The molecular weight excluding hydrogens is 851 g/mol. The van der Waals surface area contributed by atoms with Gasteiger partial charge in [-0.05, 0) is 144 Å². The first-order valence-corrected chi connectivity index (χ1v) is 25.5. The molecule has 0 bridgehead atoms. The molecule has 4 N–H and O–H groups in total. The Bertz CT molecular complexity index is 2440. The van der Waals surface area contributed by atoms with Crippen molar-refractivity contribution >= 4 is 89.2 Å². The van der Waals surface area contributed by atoms with Crippen LogP contribution in [0, 0.1) is 13.8 Å². The Balaban J connectivity index is 0.802. The Labute approximate surface area is 382 Å². The number of methoxy groups -OCH3 is 1. The van der Waals surface area contributed by atoms with Gasteiger partial charge in [-0.1, -0.05) is 6.42 Å². The molecule has 4 fully saturated rings. The lowest BCUT2D eigenvalue weighted by Crippen LogP contribution is -2.47. The van der Waals surface area contributed by atoms with Crippen molar-refractivity contribution in [3.05, 3.63) is 46.7 Å². The molecule has 10 rings (SSSR count). The Kier molecular flexibility index (Phi) is 13.3. The van der Waals surface area contributed by atoms with Gasteiger partial charge < -0.3 is 40.2 Å².